The Bertz CT molecular complexity index is 466. The molecule has 0 rings (SSSR count). The molecule has 0 bridgehead atoms. The Labute approximate surface area is 224 Å². The maximum atomic E-state index is 12.9. The second kappa shape index (κ2) is 28.0. The van der Waals surface area contributed by atoms with Crippen molar-refractivity contribution in [2.24, 2.45) is 5.92 Å². The maximum absolute atomic E-state index is 12.9. The molecule has 3 nitrogen and oxygen atoms in total. The van der Waals surface area contributed by atoms with Crippen LogP contribution in [0.4, 0.5) is 0 Å². The summed E-state index contributed by atoms with van der Waals surface area (Å²) in [5.41, 5.74) is 0. The topological polar surface area (TPSA) is 43.4 Å². The number of carbonyl (C=O) groups excluding carboxylic acids is 2. The van der Waals surface area contributed by atoms with Crippen molar-refractivity contribution in [2.75, 3.05) is 0 Å². The highest BCUT2D eigenvalue weighted by molar-refractivity contribution is 6.13. The number of unbranched alkanes of at least 4 members (excludes halogenated alkanes) is 19. The minimum atomic E-state index is -0.388. The smallest absolute Gasteiger partial charge is 0.324 e. The molecule has 208 valence electrons. The fourth-order valence-electron chi connectivity index (χ4n) is 5.04. The summed E-state index contributed by atoms with van der Waals surface area (Å²) < 4.78 is 4.25. The summed E-state index contributed by atoms with van der Waals surface area (Å²) in [6, 6.07) is 0. The van der Waals surface area contributed by atoms with Gasteiger partial charge in [-0.1, -0.05) is 142 Å². The Hall–Kier alpha value is -0.570. The summed E-state index contributed by atoms with van der Waals surface area (Å²) >= 11 is 5.15. The number of halogens is 1. The molecule has 0 saturated carbocycles. The van der Waals surface area contributed by atoms with Gasteiger partial charge in [0.05, 0.1) is 0 Å². The summed E-state index contributed by atoms with van der Waals surface area (Å²) in [7, 11) is 0. The standard InChI is InChI=1S/C31H59ClO3/c1-3-5-7-9-11-13-14-15-16-17-19-21-23-27-30(33)29(26-24-28-31(34)35-32)25-22-20-18-12-10-8-6-4-2/h29H,3-28H2,1-2H3. The summed E-state index contributed by atoms with van der Waals surface area (Å²) in [4.78, 5) is 24.2. The van der Waals surface area contributed by atoms with E-state index in [-0.39, 0.29) is 11.9 Å². The molecule has 1 unspecified atom stereocenters. The summed E-state index contributed by atoms with van der Waals surface area (Å²) in [5, 5.41) is 0. The predicted molar refractivity (Wildman–Crippen MR) is 152 cm³/mol. The first-order chi connectivity index (χ1) is 17.2. The van der Waals surface area contributed by atoms with E-state index in [9.17, 15) is 9.59 Å². The van der Waals surface area contributed by atoms with Crippen LogP contribution in [0.5, 0.6) is 0 Å². The Morgan fingerprint density at radius 1 is 0.514 bits per heavy atom. The molecule has 35 heavy (non-hydrogen) atoms. The molecule has 0 aliphatic carbocycles. The minimum absolute atomic E-state index is 0.107. The van der Waals surface area contributed by atoms with E-state index in [0.717, 1.165) is 25.7 Å². The number of Topliss-reactive ketones (excluding diaryl/α,β-unsaturated/α-hetero) is 1. The van der Waals surface area contributed by atoms with Crippen molar-refractivity contribution in [2.45, 2.75) is 181 Å². The molecule has 0 fully saturated rings. The molecule has 0 aliphatic rings. The van der Waals surface area contributed by atoms with Crippen molar-refractivity contribution in [3.05, 3.63) is 0 Å². The monoisotopic (exact) mass is 514 g/mol. The van der Waals surface area contributed by atoms with Crippen LogP contribution < -0.4 is 0 Å². The van der Waals surface area contributed by atoms with Crippen LogP contribution in [-0.2, 0) is 13.9 Å². The third-order valence-corrected chi connectivity index (χ3v) is 7.58. The number of ketones is 1. The molecule has 0 spiro atoms. The molecular weight excluding hydrogens is 456 g/mol. The molecule has 4 heteroatoms. The molecule has 0 aromatic rings. The molecule has 0 amide bonds. The largest absolute Gasteiger partial charge is 0.348 e. The highest BCUT2D eigenvalue weighted by atomic mass is 35.5. The van der Waals surface area contributed by atoms with Gasteiger partial charge in [-0.3, -0.25) is 9.59 Å². The zero-order chi connectivity index (χ0) is 25.8. The van der Waals surface area contributed by atoms with E-state index in [1.807, 2.05) is 0 Å². The van der Waals surface area contributed by atoms with Crippen LogP contribution in [0.3, 0.4) is 0 Å². The molecule has 1 atom stereocenters. The average molecular weight is 515 g/mol. The maximum Gasteiger partial charge on any atom is 0.324 e. The van der Waals surface area contributed by atoms with Gasteiger partial charge in [-0.25, -0.2) is 0 Å². The first-order valence-corrected chi connectivity index (χ1v) is 15.8. The highest BCUT2D eigenvalue weighted by Gasteiger charge is 2.18. The molecule has 0 aromatic heterocycles. The van der Waals surface area contributed by atoms with Crippen LogP contribution in [0.25, 0.3) is 0 Å². The molecule has 0 saturated heterocycles. The number of hydrogen-bond acceptors (Lipinski definition) is 3. The lowest BCUT2D eigenvalue weighted by molar-refractivity contribution is -0.134. The van der Waals surface area contributed by atoms with Gasteiger partial charge < -0.3 is 4.29 Å². The SMILES string of the molecule is CCCCCCCCCCCCCCCC(=O)C(CCCCCCCCCC)CCCC(=O)OCl. The van der Waals surface area contributed by atoms with E-state index in [0.29, 0.717) is 25.0 Å². The van der Waals surface area contributed by atoms with Gasteiger partial charge in [-0.05, 0) is 25.7 Å². The van der Waals surface area contributed by atoms with Crippen LogP contribution in [0.1, 0.15) is 181 Å². The summed E-state index contributed by atoms with van der Waals surface area (Å²) in [5.74, 6) is 0.132. The second-order valence-electron chi connectivity index (χ2n) is 10.8. The minimum Gasteiger partial charge on any atom is -0.348 e. The van der Waals surface area contributed by atoms with Crippen molar-refractivity contribution >= 4 is 23.6 Å². The van der Waals surface area contributed by atoms with Gasteiger partial charge in [0.15, 0.2) is 0 Å². The van der Waals surface area contributed by atoms with E-state index in [4.69, 9.17) is 11.9 Å². The third kappa shape index (κ3) is 24.9. The number of hydrogen-bond donors (Lipinski definition) is 0. The van der Waals surface area contributed by atoms with Gasteiger partial charge in [-0.15, -0.1) is 0 Å². The van der Waals surface area contributed by atoms with Crippen LogP contribution in [0.2, 0.25) is 0 Å². The van der Waals surface area contributed by atoms with Crippen LogP contribution >= 0.6 is 11.9 Å². The normalized spacial score (nSPS) is 12.1. The van der Waals surface area contributed by atoms with Crippen LogP contribution in [0, 0.1) is 5.92 Å². The van der Waals surface area contributed by atoms with Gasteiger partial charge >= 0.3 is 5.97 Å². The van der Waals surface area contributed by atoms with E-state index in [1.54, 1.807) is 0 Å². The number of carbonyl (C=O) groups is 2. The summed E-state index contributed by atoms with van der Waals surface area (Å²) in [6.07, 6.45) is 31.0. The number of rotatable bonds is 28. The van der Waals surface area contributed by atoms with Crippen LogP contribution in [0.15, 0.2) is 0 Å². The van der Waals surface area contributed by atoms with Gasteiger partial charge in [0.1, 0.15) is 17.6 Å². The van der Waals surface area contributed by atoms with Crippen molar-refractivity contribution in [3.63, 3.8) is 0 Å². The molecule has 0 aliphatic heterocycles. The zero-order valence-corrected chi connectivity index (χ0v) is 24.3. The fraction of sp³-hybridized carbons (Fsp3) is 0.935. The molecule has 0 N–H and O–H groups in total. The molecule has 0 radical (unpaired) electrons. The molecule has 0 aromatic carbocycles. The average Bonchev–Trinajstić information content (AvgIpc) is 2.86. The van der Waals surface area contributed by atoms with Gasteiger partial charge in [0.25, 0.3) is 0 Å². The highest BCUT2D eigenvalue weighted by Crippen LogP contribution is 2.22. The Balaban J connectivity index is 3.92. The van der Waals surface area contributed by atoms with E-state index < -0.39 is 0 Å². The van der Waals surface area contributed by atoms with E-state index >= 15 is 0 Å². The van der Waals surface area contributed by atoms with E-state index in [2.05, 4.69) is 18.1 Å². The van der Waals surface area contributed by atoms with Crippen molar-refractivity contribution in [3.8, 4) is 0 Å². The van der Waals surface area contributed by atoms with Crippen molar-refractivity contribution < 1.29 is 13.9 Å². The fourth-order valence-corrected chi connectivity index (χ4v) is 5.12. The molecular formula is C31H59ClO3. The van der Waals surface area contributed by atoms with Gasteiger partial charge in [0, 0.05) is 18.8 Å². The lowest BCUT2D eigenvalue weighted by Gasteiger charge is -2.15. The Morgan fingerprint density at radius 2 is 0.886 bits per heavy atom. The summed E-state index contributed by atoms with van der Waals surface area (Å²) in [6.45, 7) is 4.53. The van der Waals surface area contributed by atoms with Crippen LogP contribution in [-0.4, -0.2) is 11.8 Å². The Kier molecular flexibility index (Phi) is 27.6. The lowest BCUT2D eigenvalue weighted by Crippen LogP contribution is -2.15. The molecule has 0 heterocycles. The quantitative estimate of drug-likeness (QED) is 0.0974. The van der Waals surface area contributed by atoms with E-state index in [1.165, 1.54) is 122 Å². The van der Waals surface area contributed by atoms with Gasteiger partial charge in [-0.2, -0.15) is 0 Å². The first kappa shape index (κ1) is 34.4. The van der Waals surface area contributed by atoms with Crippen molar-refractivity contribution in [1.82, 2.24) is 0 Å². The van der Waals surface area contributed by atoms with Crippen molar-refractivity contribution in [1.29, 1.82) is 0 Å². The van der Waals surface area contributed by atoms with Gasteiger partial charge in [0.2, 0.25) is 0 Å². The predicted octanol–water partition coefficient (Wildman–Crippen LogP) is 11.1. The zero-order valence-electron chi connectivity index (χ0n) is 23.6. The Morgan fingerprint density at radius 3 is 1.31 bits per heavy atom. The third-order valence-electron chi connectivity index (χ3n) is 7.41. The first-order valence-electron chi connectivity index (χ1n) is 15.5. The second-order valence-corrected chi connectivity index (χ2v) is 10.9. The lowest BCUT2D eigenvalue weighted by atomic mass is 9.88.